The SMILES string of the molecule is Clc1ccccc1-c1csc(CN2CCN(c3ccccc3)CC2)n1. The number of benzene rings is 2. The fraction of sp³-hybridized carbons (Fsp3) is 0.250. The smallest absolute Gasteiger partial charge is 0.107 e. The Morgan fingerprint density at radius 3 is 2.40 bits per heavy atom. The maximum Gasteiger partial charge on any atom is 0.107 e. The number of para-hydroxylation sites is 1. The van der Waals surface area contributed by atoms with E-state index in [1.165, 1.54) is 5.69 Å². The van der Waals surface area contributed by atoms with Gasteiger partial charge >= 0.3 is 0 Å². The molecule has 128 valence electrons. The van der Waals surface area contributed by atoms with Crippen LogP contribution in [0.5, 0.6) is 0 Å². The zero-order valence-corrected chi connectivity index (χ0v) is 15.5. The van der Waals surface area contributed by atoms with Gasteiger partial charge in [-0.25, -0.2) is 4.98 Å². The molecular weight excluding hydrogens is 350 g/mol. The number of anilines is 1. The van der Waals surface area contributed by atoms with Crippen molar-refractivity contribution in [3.63, 3.8) is 0 Å². The molecule has 0 atom stereocenters. The normalized spacial score (nSPS) is 15.5. The number of piperazine rings is 1. The van der Waals surface area contributed by atoms with E-state index in [2.05, 4.69) is 45.5 Å². The number of halogens is 1. The summed E-state index contributed by atoms with van der Waals surface area (Å²) in [5.74, 6) is 0. The van der Waals surface area contributed by atoms with E-state index >= 15 is 0 Å². The molecule has 0 bridgehead atoms. The third-order valence-corrected chi connectivity index (χ3v) is 5.72. The molecule has 5 heteroatoms. The lowest BCUT2D eigenvalue weighted by Crippen LogP contribution is -2.45. The van der Waals surface area contributed by atoms with E-state index in [1.54, 1.807) is 11.3 Å². The third-order valence-electron chi connectivity index (χ3n) is 4.55. The second-order valence-corrected chi connectivity index (χ2v) is 7.55. The molecular formula is C20H20ClN3S. The van der Waals surface area contributed by atoms with Crippen molar-refractivity contribution >= 4 is 28.6 Å². The van der Waals surface area contributed by atoms with E-state index in [9.17, 15) is 0 Å². The zero-order chi connectivity index (χ0) is 17.1. The molecule has 25 heavy (non-hydrogen) atoms. The molecule has 1 aliphatic rings. The van der Waals surface area contributed by atoms with E-state index in [-0.39, 0.29) is 0 Å². The Balaban J connectivity index is 1.37. The van der Waals surface area contributed by atoms with Crippen molar-refractivity contribution < 1.29 is 0 Å². The number of hydrogen-bond acceptors (Lipinski definition) is 4. The number of hydrogen-bond donors (Lipinski definition) is 0. The van der Waals surface area contributed by atoms with E-state index in [1.807, 2.05) is 24.3 Å². The average molecular weight is 370 g/mol. The second kappa shape index (κ2) is 7.56. The predicted octanol–water partition coefficient (Wildman–Crippen LogP) is 4.79. The molecule has 1 saturated heterocycles. The van der Waals surface area contributed by atoms with Crippen LogP contribution >= 0.6 is 22.9 Å². The molecule has 0 saturated carbocycles. The highest BCUT2D eigenvalue weighted by atomic mass is 35.5. The van der Waals surface area contributed by atoms with Crippen LogP contribution < -0.4 is 4.90 Å². The summed E-state index contributed by atoms with van der Waals surface area (Å²) in [6.45, 7) is 5.17. The van der Waals surface area contributed by atoms with Crippen molar-refractivity contribution in [2.75, 3.05) is 31.1 Å². The van der Waals surface area contributed by atoms with Gasteiger partial charge < -0.3 is 4.90 Å². The van der Waals surface area contributed by atoms with Crippen LogP contribution in [-0.4, -0.2) is 36.1 Å². The number of aromatic nitrogens is 1. The molecule has 1 fully saturated rings. The van der Waals surface area contributed by atoms with Crippen molar-refractivity contribution in [2.45, 2.75) is 6.54 Å². The monoisotopic (exact) mass is 369 g/mol. The van der Waals surface area contributed by atoms with Crippen LogP contribution in [0.2, 0.25) is 5.02 Å². The summed E-state index contributed by atoms with van der Waals surface area (Å²) in [4.78, 5) is 9.72. The summed E-state index contributed by atoms with van der Waals surface area (Å²) in [5.41, 5.74) is 3.31. The molecule has 1 aromatic heterocycles. The highest BCUT2D eigenvalue weighted by Crippen LogP contribution is 2.29. The van der Waals surface area contributed by atoms with Crippen LogP contribution in [0, 0.1) is 0 Å². The zero-order valence-electron chi connectivity index (χ0n) is 13.9. The van der Waals surface area contributed by atoms with Gasteiger partial charge in [0, 0.05) is 47.8 Å². The van der Waals surface area contributed by atoms with Crippen molar-refractivity contribution in [1.82, 2.24) is 9.88 Å². The molecule has 0 unspecified atom stereocenters. The molecule has 4 rings (SSSR count). The van der Waals surface area contributed by atoms with Gasteiger partial charge in [0.25, 0.3) is 0 Å². The predicted molar refractivity (Wildman–Crippen MR) is 106 cm³/mol. The minimum absolute atomic E-state index is 0.760. The molecule has 0 radical (unpaired) electrons. The minimum atomic E-state index is 0.760. The first-order valence-electron chi connectivity index (χ1n) is 8.51. The van der Waals surface area contributed by atoms with Gasteiger partial charge in [0.15, 0.2) is 0 Å². The number of nitrogens with zero attached hydrogens (tertiary/aromatic N) is 3. The number of rotatable bonds is 4. The lowest BCUT2D eigenvalue weighted by molar-refractivity contribution is 0.249. The van der Waals surface area contributed by atoms with Gasteiger partial charge in [0.05, 0.1) is 12.2 Å². The van der Waals surface area contributed by atoms with E-state index in [0.717, 1.165) is 54.0 Å². The van der Waals surface area contributed by atoms with Gasteiger partial charge in [-0.2, -0.15) is 0 Å². The third kappa shape index (κ3) is 3.87. The molecule has 0 spiro atoms. The molecule has 0 amide bonds. The first-order valence-corrected chi connectivity index (χ1v) is 9.77. The number of thiazole rings is 1. The van der Waals surface area contributed by atoms with Gasteiger partial charge in [0.2, 0.25) is 0 Å². The summed E-state index contributed by atoms with van der Waals surface area (Å²) in [5, 5.41) is 4.02. The van der Waals surface area contributed by atoms with Crippen LogP contribution in [0.3, 0.4) is 0 Å². The molecule has 3 nitrogen and oxygen atoms in total. The van der Waals surface area contributed by atoms with Gasteiger partial charge in [-0.05, 0) is 18.2 Å². The topological polar surface area (TPSA) is 19.4 Å². The standard InChI is InChI=1S/C20H20ClN3S/c21-18-9-5-4-8-17(18)19-15-25-20(22-19)14-23-10-12-24(13-11-23)16-6-2-1-3-7-16/h1-9,15H,10-14H2. The van der Waals surface area contributed by atoms with Crippen molar-refractivity contribution in [3.05, 3.63) is 70.0 Å². The molecule has 1 aliphatic heterocycles. The first-order chi connectivity index (χ1) is 12.3. The van der Waals surface area contributed by atoms with Gasteiger partial charge in [0.1, 0.15) is 5.01 Å². The quantitative estimate of drug-likeness (QED) is 0.659. The maximum absolute atomic E-state index is 6.28. The molecule has 0 N–H and O–H groups in total. The fourth-order valence-electron chi connectivity index (χ4n) is 3.17. The summed E-state index contributed by atoms with van der Waals surface area (Å²) in [6, 6.07) is 18.5. The van der Waals surface area contributed by atoms with E-state index in [4.69, 9.17) is 16.6 Å². The Hall–Kier alpha value is -1.88. The van der Waals surface area contributed by atoms with E-state index in [0.29, 0.717) is 0 Å². The van der Waals surface area contributed by atoms with Gasteiger partial charge in [-0.1, -0.05) is 48.0 Å². The Kier molecular flexibility index (Phi) is 5.02. The maximum atomic E-state index is 6.28. The van der Waals surface area contributed by atoms with Crippen LogP contribution in [0.4, 0.5) is 5.69 Å². The Morgan fingerprint density at radius 2 is 1.64 bits per heavy atom. The summed E-state index contributed by atoms with van der Waals surface area (Å²) in [7, 11) is 0. The van der Waals surface area contributed by atoms with Crippen LogP contribution in [-0.2, 0) is 6.54 Å². The van der Waals surface area contributed by atoms with Crippen molar-refractivity contribution in [3.8, 4) is 11.3 Å². The molecule has 2 heterocycles. The first kappa shape index (κ1) is 16.6. The summed E-state index contributed by atoms with van der Waals surface area (Å²) >= 11 is 8.00. The van der Waals surface area contributed by atoms with Crippen molar-refractivity contribution in [1.29, 1.82) is 0 Å². The molecule has 0 aliphatic carbocycles. The Labute approximate surface area is 157 Å². The Bertz CT molecular complexity index is 826. The van der Waals surface area contributed by atoms with Gasteiger partial charge in [-0.3, -0.25) is 4.90 Å². The minimum Gasteiger partial charge on any atom is -0.369 e. The van der Waals surface area contributed by atoms with E-state index < -0.39 is 0 Å². The summed E-state index contributed by atoms with van der Waals surface area (Å²) < 4.78 is 0. The van der Waals surface area contributed by atoms with Crippen LogP contribution in [0.15, 0.2) is 60.0 Å². The lowest BCUT2D eigenvalue weighted by Gasteiger charge is -2.35. The highest BCUT2D eigenvalue weighted by molar-refractivity contribution is 7.09. The largest absolute Gasteiger partial charge is 0.369 e. The molecule has 2 aromatic carbocycles. The van der Waals surface area contributed by atoms with Gasteiger partial charge in [-0.15, -0.1) is 11.3 Å². The molecule has 3 aromatic rings. The summed E-state index contributed by atoms with van der Waals surface area (Å²) in [6.07, 6.45) is 0. The van der Waals surface area contributed by atoms with Crippen molar-refractivity contribution in [2.24, 2.45) is 0 Å². The Morgan fingerprint density at radius 1 is 0.920 bits per heavy atom. The second-order valence-electron chi connectivity index (χ2n) is 6.21. The highest BCUT2D eigenvalue weighted by Gasteiger charge is 2.18. The van der Waals surface area contributed by atoms with Crippen LogP contribution in [0.1, 0.15) is 5.01 Å². The lowest BCUT2D eigenvalue weighted by atomic mass is 10.2. The average Bonchev–Trinajstić information content (AvgIpc) is 3.12. The fourth-order valence-corrected chi connectivity index (χ4v) is 4.24. The van der Waals surface area contributed by atoms with Crippen LogP contribution in [0.25, 0.3) is 11.3 Å².